The Morgan fingerprint density at radius 3 is 2.72 bits per heavy atom. The van der Waals surface area contributed by atoms with E-state index in [9.17, 15) is 14.7 Å². The van der Waals surface area contributed by atoms with Gasteiger partial charge in [0.2, 0.25) is 5.91 Å². The molecule has 0 bridgehead atoms. The Bertz CT molecular complexity index is 617. The van der Waals surface area contributed by atoms with Crippen molar-refractivity contribution < 1.29 is 24.2 Å². The number of methoxy groups -OCH3 is 1. The number of carbonyl (C=O) groups is 2. The van der Waals surface area contributed by atoms with Crippen molar-refractivity contribution in [3.05, 3.63) is 23.2 Å². The minimum absolute atomic E-state index is 0.116. The van der Waals surface area contributed by atoms with E-state index < -0.39 is 11.4 Å². The smallest absolute Gasteiger partial charge is 0.311 e. The van der Waals surface area contributed by atoms with Gasteiger partial charge in [0, 0.05) is 37.7 Å². The maximum atomic E-state index is 12.0. The largest absolute Gasteiger partial charge is 0.495 e. The van der Waals surface area contributed by atoms with Crippen LogP contribution in [0.1, 0.15) is 19.3 Å². The van der Waals surface area contributed by atoms with Crippen LogP contribution in [-0.2, 0) is 14.3 Å². The topological polar surface area (TPSA) is 96.9 Å². The van der Waals surface area contributed by atoms with Gasteiger partial charge in [0.05, 0.1) is 18.2 Å². The number of benzene rings is 1. The van der Waals surface area contributed by atoms with Gasteiger partial charge >= 0.3 is 5.97 Å². The van der Waals surface area contributed by atoms with Crippen LogP contribution in [0, 0.1) is 5.41 Å². The van der Waals surface area contributed by atoms with Crippen molar-refractivity contribution in [3.63, 3.8) is 0 Å². The van der Waals surface area contributed by atoms with E-state index in [2.05, 4.69) is 10.6 Å². The maximum Gasteiger partial charge on any atom is 0.311 e. The number of carbonyl (C=O) groups excluding carboxylic acids is 1. The van der Waals surface area contributed by atoms with E-state index >= 15 is 0 Å². The highest BCUT2D eigenvalue weighted by Gasteiger charge is 2.40. The second-order valence-corrected chi connectivity index (χ2v) is 6.43. The summed E-state index contributed by atoms with van der Waals surface area (Å²) in [6.07, 6.45) is 1.02. The molecule has 1 aliphatic heterocycles. The van der Waals surface area contributed by atoms with Crippen molar-refractivity contribution >= 4 is 29.2 Å². The number of carboxylic acids is 1. The number of hydrogen-bond acceptors (Lipinski definition) is 5. The summed E-state index contributed by atoms with van der Waals surface area (Å²) in [4.78, 5) is 23.6. The van der Waals surface area contributed by atoms with Crippen LogP contribution in [0.3, 0.4) is 0 Å². The molecule has 1 amide bonds. The summed E-state index contributed by atoms with van der Waals surface area (Å²) in [5, 5.41) is 15.9. The Hall–Kier alpha value is -1.99. The molecule has 1 saturated heterocycles. The van der Waals surface area contributed by atoms with Crippen molar-refractivity contribution in [2.75, 3.05) is 38.7 Å². The fourth-order valence-corrected chi connectivity index (χ4v) is 2.89. The molecular formula is C17H23ClN2O5. The third-order valence-corrected chi connectivity index (χ3v) is 4.59. The molecule has 0 unspecified atom stereocenters. The molecular weight excluding hydrogens is 348 g/mol. The van der Waals surface area contributed by atoms with E-state index in [0.29, 0.717) is 49.1 Å². The van der Waals surface area contributed by atoms with Crippen LogP contribution in [0.2, 0.25) is 5.02 Å². The molecule has 138 valence electrons. The van der Waals surface area contributed by atoms with Crippen molar-refractivity contribution in [2.45, 2.75) is 19.3 Å². The lowest BCUT2D eigenvalue weighted by Crippen LogP contribution is -2.46. The molecule has 1 aromatic carbocycles. The Kier molecular flexibility index (Phi) is 6.90. The fourth-order valence-electron chi connectivity index (χ4n) is 2.71. The number of anilines is 1. The van der Waals surface area contributed by atoms with E-state index in [1.807, 2.05) is 0 Å². The van der Waals surface area contributed by atoms with Gasteiger partial charge in [-0.05, 0) is 31.0 Å². The first-order chi connectivity index (χ1) is 12.0. The van der Waals surface area contributed by atoms with Crippen LogP contribution < -0.4 is 15.4 Å². The fraction of sp³-hybridized carbons (Fsp3) is 0.529. The number of hydrogen-bond donors (Lipinski definition) is 3. The van der Waals surface area contributed by atoms with Gasteiger partial charge in [0.1, 0.15) is 5.75 Å². The normalized spacial score (nSPS) is 16.1. The number of halogens is 1. The second kappa shape index (κ2) is 8.92. The van der Waals surface area contributed by atoms with Crippen LogP contribution in [0.25, 0.3) is 0 Å². The van der Waals surface area contributed by atoms with Gasteiger partial charge in [0.25, 0.3) is 0 Å². The zero-order valence-corrected chi connectivity index (χ0v) is 14.9. The van der Waals surface area contributed by atoms with E-state index in [-0.39, 0.29) is 18.9 Å². The number of aliphatic carboxylic acids is 1. The Morgan fingerprint density at radius 2 is 2.08 bits per heavy atom. The highest BCUT2D eigenvalue weighted by Crippen LogP contribution is 2.30. The predicted octanol–water partition coefficient (Wildman–Crippen LogP) is 2.15. The summed E-state index contributed by atoms with van der Waals surface area (Å²) in [5.74, 6) is -0.463. The van der Waals surface area contributed by atoms with E-state index in [1.54, 1.807) is 25.3 Å². The van der Waals surface area contributed by atoms with Crippen molar-refractivity contribution in [1.82, 2.24) is 5.32 Å². The van der Waals surface area contributed by atoms with E-state index in [1.165, 1.54) is 0 Å². The van der Waals surface area contributed by atoms with Crippen molar-refractivity contribution in [2.24, 2.45) is 5.41 Å². The molecule has 1 fully saturated rings. The molecule has 0 aliphatic carbocycles. The average Bonchev–Trinajstić information content (AvgIpc) is 2.61. The second-order valence-electron chi connectivity index (χ2n) is 6.00. The molecule has 0 saturated carbocycles. The molecule has 3 N–H and O–H groups in total. The van der Waals surface area contributed by atoms with Gasteiger partial charge in [-0.15, -0.1) is 0 Å². The van der Waals surface area contributed by atoms with Crippen LogP contribution in [0.5, 0.6) is 5.75 Å². The molecule has 0 spiro atoms. The highest BCUT2D eigenvalue weighted by molar-refractivity contribution is 6.30. The molecule has 25 heavy (non-hydrogen) atoms. The summed E-state index contributed by atoms with van der Waals surface area (Å²) in [6.45, 7) is 1.30. The first-order valence-electron chi connectivity index (χ1n) is 8.12. The van der Waals surface area contributed by atoms with Crippen LogP contribution in [0.15, 0.2) is 18.2 Å². The van der Waals surface area contributed by atoms with Crippen LogP contribution in [0.4, 0.5) is 5.69 Å². The van der Waals surface area contributed by atoms with Gasteiger partial charge in [-0.1, -0.05) is 11.6 Å². The minimum atomic E-state index is -0.933. The molecule has 0 radical (unpaired) electrons. The summed E-state index contributed by atoms with van der Waals surface area (Å²) in [7, 11) is 1.56. The molecule has 7 nitrogen and oxygen atoms in total. The van der Waals surface area contributed by atoms with Crippen molar-refractivity contribution in [1.29, 1.82) is 0 Å². The number of amides is 1. The maximum absolute atomic E-state index is 12.0. The number of rotatable bonds is 8. The molecule has 1 aromatic rings. The van der Waals surface area contributed by atoms with E-state index in [0.717, 1.165) is 0 Å². The predicted molar refractivity (Wildman–Crippen MR) is 94.2 cm³/mol. The van der Waals surface area contributed by atoms with Crippen LogP contribution >= 0.6 is 11.6 Å². The summed E-state index contributed by atoms with van der Waals surface area (Å²) in [6, 6.07) is 5.18. The summed E-state index contributed by atoms with van der Waals surface area (Å²) >= 11 is 5.96. The zero-order valence-electron chi connectivity index (χ0n) is 14.1. The molecule has 1 heterocycles. The standard InChI is InChI=1S/C17H23ClN2O5/c1-24-14-3-2-12(18)10-13(14)19-7-4-15(21)20-11-17(16(22)23)5-8-25-9-6-17/h2-3,10,19H,4-9,11H2,1H3,(H,20,21)(H,22,23). The van der Waals surface area contributed by atoms with E-state index in [4.69, 9.17) is 21.1 Å². The average molecular weight is 371 g/mol. The zero-order chi connectivity index (χ0) is 18.3. The van der Waals surface area contributed by atoms with Gasteiger partial charge in [0.15, 0.2) is 0 Å². The lowest BCUT2D eigenvalue weighted by molar-refractivity contribution is -0.154. The van der Waals surface area contributed by atoms with Gasteiger partial charge < -0.3 is 25.2 Å². The number of ether oxygens (including phenoxy) is 2. The van der Waals surface area contributed by atoms with Crippen LogP contribution in [-0.4, -0.2) is 50.4 Å². The SMILES string of the molecule is COc1ccc(Cl)cc1NCCC(=O)NCC1(C(=O)O)CCOCC1. The first-order valence-corrected chi connectivity index (χ1v) is 8.50. The summed E-state index contributed by atoms with van der Waals surface area (Å²) < 4.78 is 10.4. The third kappa shape index (κ3) is 5.24. The Morgan fingerprint density at radius 1 is 1.36 bits per heavy atom. The lowest BCUT2D eigenvalue weighted by atomic mass is 9.80. The molecule has 1 aliphatic rings. The molecule has 8 heteroatoms. The Balaban J connectivity index is 1.81. The Labute approximate surface area is 151 Å². The van der Waals surface area contributed by atoms with Gasteiger partial charge in [-0.25, -0.2) is 0 Å². The summed E-state index contributed by atoms with van der Waals surface area (Å²) in [5.41, 5.74) is -0.230. The first kappa shape index (κ1) is 19.3. The lowest BCUT2D eigenvalue weighted by Gasteiger charge is -2.33. The quantitative estimate of drug-likeness (QED) is 0.648. The monoisotopic (exact) mass is 370 g/mol. The number of nitrogens with one attached hydrogen (secondary N) is 2. The highest BCUT2D eigenvalue weighted by atomic mass is 35.5. The van der Waals surface area contributed by atoms with Gasteiger partial charge in [-0.3, -0.25) is 9.59 Å². The molecule has 2 rings (SSSR count). The van der Waals surface area contributed by atoms with Crippen molar-refractivity contribution in [3.8, 4) is 5.75 Å². The molecule has 0 atom stereocenters. The minimum Gasteiger partial charge on any atom is -0.495 e. The molecule has 0 aromatic heterocycles. The third-order valence-electron chi connectivity index (χ3n) is 4.36. The van der Waals surface area contributed by atoms with Gasteiger partial charge in [-0.2, -0.15) is 0 Å². The number of carboxylic acid groups (broad SMARTS) is 1.